The van der Waals surface area contributed by atoms with E-state index in [2.05, 4.69) is 36.7 Å². The number of carbonyl (C=O) groups excluding carboxylic acids is 1. The molecule has 1 atom stereocenters. The second kappa shape index (κ2) is 10.2. The molecular formula is C23H39N3O2. The van der Waals surface area contributed by atoms with Gasteiger partial charge in [-0.1, -0.05) is 39.7 Å². The van der Waals surface area contributed by atoms with E-state index in [1.807, 2.05) is 33.0 Å². The highest BCUT2D eigenvalue weighted by Crippen LogP contribution is 2.31. The van der Waals surface area contributed by atoms with E-state index < -0.39 is 5.60 Å². The van der Waals surface area contributed by atoms with Crippen LogP contribution in [-0.4, -0.2) is 41.2 Å². The minimum atomic E-state index is -0.520. The molecule has 1 aliphatic heterocycles. The Bertz CT molecular complexity index is 607. The van der Waals surface area contributed by atoms with Gasteiger partial charge in [-0.25, -0.2) is 9.78 Å². The summed E-state index contributed by atoms with van der Waals surface area (Å²) in [5.74, 6) is 1.000. The van der Waals surface area contributed by atoms with Crippen LogP contribution in [0.3, 0.4) is 0 Å². The minimum Gasteiger partial charge on any atom is -0.443 e. The molecule has 0 radical (unpaired) electrons. The molecule has 1 aromatic rings. The van der Waals surface area contributed by atoms with Crippen molar-refractivity contribution in [3.05, 3.63) is 23.9 Å². The molecule has 0 N–H and O–H groups in total. The van der Waals surface area contributed by atoms with Crippen LogP contribution >= 0.6 is 0 Å². The van der Waals surface area contributed by atoms with Gasteiger partial charge in [0.25, 0.3) is 0 Å². The first-order valence-electron chi connectivity index (χ1n) is 10.9. The fraction of sp³-hybridized carbons (Fsp3) is 0.739. The maximum Gasteiger partial charge on any atom is 0.416 e. The summed E-state index contributed by atoms with van der Waals surface area (Å²) in [5.41, 5.74) is 0.738. The van der Waals surface area contributed by atoms with Gasteiger partial charge in [0.05, 0.1) is 0 Å². The third kappa shape index (κ3) is 6.77. The van der Waals surface area contributed by atoms with E-state index >= 15 is 0 Å². The summed E-state index contributed by atoms with van der Waals surface area (Å²) in [6.07, 6.45) is 7.83. The molecule has 28 heavy (non-hydrogen) atoms. The molecule has 2 rings (SSSR count). The molecule has 1 aromatic heterocycles. The molecule has 1 saturated heterocycles. The lowest BCUT2D eigenvalue weighted by Gasteiger charge is -2.36. The van der Waals surface area contributed by atoms with Crippen LogP contribution in [0, 0.1) is 5.92 Å². The van der Waals surface area contributed by atoms with Gasteiger partial charge in [0.1, 0.15) is 11.4 Å². The molecule has 0 spiro atoms. The first kappa shape index (κ1) is 22.7. The standard InChI is InChI=1S/C23H39N3O2/c1-7-8-14-25-15-10-9-11-20(25)19-12-13-21(24-16-19)26(17-18(2)3)22(27)28-23(4,5)6/h12-13,16,18,20H,7-11,14-15,17H2,1-6H3. The number of rotatable bonds is 7. The number of carbonyl (C=O) groups is 1. The van der Waals surface area contributed by atoms with E-state index in [0.29, 0.717) is 24.3 Å². The summed E-state index contributed by atoms with van der Waals surface area (Å²) < 4.78 is 5.60. The van der Waals surface area contributed by atoms with Gasteiger partial charge in [-0.05, 0) is 70.7 Å². The average molecular weight is 390 g/mol. The Morgan fingerprint density at radius 2 is 2.07 bits per heavy atom. The number of unbranched alkanes of at least 4 members (excludes halogenated alkanes) is 1. The number of piperidine rings is 1. The number of pyridine rings is 1. The normalized spacial score (nSPS) is 18.3. The molecular weight excluding hydrogens is 350 g/mol. The summed E-state index contributed by atoms with van der Waals surface area (Å²) in [4.78, 5) is 21.6. The Hall–Kier alpha value is -1.62. The van der Waals surface area contributed by atoms with Crippen molar-refractivity contribution in [1.29, 1.82) is 0 Å². The molecule has 1 aliphatic rings. The average Bonchev–Trinajstić information content (AvgIpc) is 2.63. The third-order valence-electron chi connectivity index (χ3n) is 5.01. The molecule has 0 saturated carbocycles. The summed E-state index contributed by atoms with van der Waals surface area (Å²) >= 11 is 0. The van der Waals surface area contributed by atoms with Crippen LogP contribution in [-0.2, 0) is 4.74 Å². The molecule has 5 heteroatoms. The largest absolute Gasteiger partial charge is 0.443 e. The Morgan fingerprint density at radius 1 is 1.32 bits per heavy atom. The summed E-state index contributed by atoms with van der Waals surface area (Å²) in [5, 5.41) is 0. The quantitative estimate of drug-likeness (QED) is 0.591. The van der Waals surface area contributed by atoms with Crippen LogP contribution < -0.4 is 4.90 Å². The smallest absolute Gasteiger partial charge is 0.416 e. The van der Waals surface area contributed by atoms with Crippen LogP contribution in [0.4, 0.5) is 10.6 Å². The number of nitrogens with zero attached hydrogens (tertiary/aromatic N) is 3. The highest BCUT2D eigenvalue weighted by molar-refractivity contribution is 5.86. The monoisotopic (exact) mass is 389 g/mol. The summed E-state index contributed by atoms with van der Waals surface area (Å²) in [6.45, 7) is 15.0. The highest BCUT2D eigenvalue weighted by atomic mass is 16.6. The lowest BCUT2D eigenvalue weighted by atomic mass is 9.96. The van der Waals surface area contributed by atoms with Crippen molar-refractivity contribution in [2.24, 2.45) is 5.92 Å². The molecule has 1 unspecified atom stereocenters. The molecule has 2 heterocycles. The van der Waals surface area contributed by atoms with Gasteiger partial charge in [-0.2, -0.15) is 0 Å². The van der Waals surface area contributed by atoms with E-state index in [1.165, 1.54) is 44.2 Å². The van der Waals surface area contributed by atoms with E-state index in [9.17, 15) is 4.79 Å². The SMILES string of the molecule is CCCCN1CCCCC1c1ccc(N(CC(C)C)C(=O)OC(C)(C)C)nc1. The summed E-state index contributed by atoms with van der Waals surface area (Å²) in [7, 11) is 0. The van der Waals surface area contributed by atoms with Crippen molar-refractivity contribution in [3.8, 4) is 0 Å². The molecule has 1 amide bonds. The number of ether oxygens (including phenoxy) is 1. The second-order valence-electron chi connectivity index (χ2n) is 9.34. The lowest BCUT2D eigenvalue weighted by Crippen LogP contribution is -2.39. The van der Waals surface area contributed by atoms with Gasteiger partial charge in [0, 0.05) is 18.8 Å². The molecule has 5 nitrogen and oxygen atoms in total. The fourth-order valence-electron chi connectivity index (χ4n) is 3.70. The van der Waals surface area contributed by atoms with Crippen LogP contribution in [0.2, 0.25) is 0 Å². The van der Waals surface area contributed by atoms with Gasteiger partial charge in [0.2, 0.25) is 0 Å². The third-order valence-corrected chi connectivity index (χ3v) is 5.01. The predicted molar refractivity (Wildman–Crippen MR) is 116 cm³/mol. The van der Waals surface area contributed by atoms with Crippen molar-refractivity contribution >= 4 is 11.9 Å². The zero-order valence-electron chi connectivity index (χ0n) is 18.7. The number of hydrogen-bond acceptors (Lipinski definition) is 4. The van der Waals surface area contributed by atoms with Gasteiger partial charge in [-0.15, -0.1) is 0 Å². The zero-order valence-corrected chi connectivity index (χ0v) is 18.7. The number of hydrogen-bond donors (Lipinski definition) is 0. The zero-order chi connectivity index (χ0) is 20.7. The number of anilines is 1. The van der Waals surface area contributed by atoms with Crippen LogP contribution in [0.1, 0.15) is 85.3 Å². The Kier molecular flexibility index (Phi) is 8.29. The van der Waals surface area contributed by atoms with Crippen molar-refractivity contribution < 1.29 is 9.53 Å². The number of likely N-dealkylation sites (tertiary alicyclic amines) is 1. The first-order chi connectivity index (χ1) is 13.2. The van der Waals surface area contributed by atoms with Gasteiger partial charge < -0.3 is 4.74 Å². The minimum absolute atomic E-state index is 0.330. The van der Waals surface area contributed by atoms with Gasteiger partial charge >= 0.3 is 6.09 Å². The van der Waals surface area contributed by atoms with Gasteiger partial charge in [-0.3, -0.25) is 9.80 Å². The molecule has 0 bridgehead atoms. The van der Waals surface area contributed by atoms with E-state index in [1.54, 1.807) is 4.90 Å². The maximum atomic E-state index is 12.7. The molecule has 0 aromatic carbocycles. The highest BCUT2D eigenvalue weighted by Gasteiger charge is 2.27. The van der Waals surface area contributed by atoms with E-state index in [0.717, 1.165) is 6.54 Å². The molecule has 0 aliphatic carbocycles. The lowest BCUT2D eigenvalue weighted by molar-refractivity contribution is 0.0575. The predicted octanol–water partition coefficient (Wildman–Crippen LogP) is 5.81. The van der Waals surface area contributed by atoms with Gasteiger partial charge in [0.15, 0.2) is 0 Å². The summed E-state index contributed by atoms with van der Waals surface area (Å²) in [6, 6.07) is 4.57. The first-order valence-corrected chi connectivity index (χ1v) is 10.9. The Balaban J connectivity index is 2.17. The molecule has 158 valence electrons. The fourth-order valence-corrected chi connectivity index (χ4v) is 3.70. The van der Waals surface area contributed by atoms with E-state index in [4.69, 9.17) is 4.74 Å². The van der Waals surface area contributed by atoms with Crippen LogP contribution in [0.5, 0.6) is 0 Å². The Morgan fingerprint density at radius 3 is 2.64 bits per heavy atom. The van der Waals surface area contributed by atoms with Crippen molar-refractivity contribution in [1.82, 2.24) is 9.88 Å². The second-order valence-corrected chi connectivity index (χ2v) is 9.34. The van der Waals surface area contributed by atoms with Crippen LogP contribution in [0.25, 0.3) is 0 Å². The van der Waals surface area contributed by atoms with Crippen molar-refractivity contribution in [2.75, 3.05) is 24.5 Å². The van der Waals surface area contributed by atoms with E-state index in [-0.39, 0.29) is 6.09 Å². The van der Waals surface area contributed by atoms with Crippen molar-refractivity contribution in [3.63, 3.8) is 0 Å². The number of amides is 1. The van der Waals surface area contributed by atoms with Crippen LogP contribution in [0.15, 0.2) is 18.3 Å². The van der Waals surface area contributed by atoms with Crippen molar-refractivity contribution in [2.45, 2.75) is 85.3 Å². The maximum absolute atomic E-state index is 12.7. The molecule has 1 fully saturated rings. The topological polar surface area (TPSA) is 45.7 Å². The Labute approximate surface area is 171 Å². The number of aromatic nitrogens is 1.